The van der Waals surface area contributed by atoms with Crippen molar-refractivity contribution in [2.45, 2.75) is 25.3 Å². The van der Waals surface area contributed by atoms with Crippen LogP contribution >= 0.6 is 0 Å². The van der Waals surface area contributed by atoms with Crippen molar-refractivity contribution in [3.05, 3.63) is 0 Å². The molecule has 2 N–H and O–H groups in total. The van der Waals surface area contributed by atoms with E-state index < -0.39 is 12.0 Å². The lowest BCUT2D eigenvalue weighted by atomic mass is 9.94. The fraction of sp³-hybridized carbons (Fsp3) is 0.667. The minimum atomic E-state index is -0.907. The fourth-order valence-electron chi connectivity index (χ4n) is 3.06. The SMILES string of the molecule is C#CCNC(=O)N1CC2CCCC2C1C(=O)O. The molecule has 1 saturated heterocycles. The Labute approximate surface area is 100 Å². The minimum absolute atomic E-state index is 0.115. The number of fused-ring (bicyclic) bond motifs is 1. The third-order valence-corrected chi connectivity index (χ3v) is 3.75. The van der Waals surface area contributed by atoms with Gasteiger partial charge in [-0.1, -0.05) is 12.3 Å². The number of hydrogen-bond acceptors (Lipinski definition) is 2. The van der Waals surface area contributed by atoms with Gasteiger partial charge in [-0.05, 0) is 24.7 Å². The van der Waals surface area contributed by atoms with Gasteiger partial charge in [0.2, 0.25) is 0 Å². The molecule has 2 fully saturated rings. The minimum Gasteiger partial charge on any atom is -0.480 e. The normalized spacial score (nSPS) is 30.8. The van der Waals surface area contributed by atoms with E-state index in [1.54, 1.807) is 0 Å². The summed E-state index contributed by atoms with van der Waals surface area (Å²) in [5, 5.41) is 11.8. The predicted octanol–water partition coefficient (Wildman–Crippen LogP) is 0.514. The van der Waals surface area contributed by atoms with Crippen LogP contribution in [0.4, 0.5) is 4.79 Å². The first-order valence-electron chi connectivity index (χ1n) is 5.86. The molecule has 0 spiro atoms. The number of urea groups is 1. The van der Waals surface area contributed by atoms with Crippen LogP contribution in [-0.4, -0.2) is 41.1 Å². The van der Waals surface area contributed by atoms with Crippen LogP contribution in [0.1, 0.15) is 19.3 Å². The number of carboxylic acids is 1. The Morgan fingerprint density at radius 1 is 1.47 bits per heavy atom. The maximum Gasteiger partial charge on any atom is 0.326 e. The molecule has 0 aromatic rings. The van der Waals surface area contributed by atoms with E-state index in [0.29, 0.717) is 12.5 Å². The van der Waals surface area contributed by atoms with E-state index in [1.807, 2.05) is 0 Å². The highest BCUT2D eigenvalue weighted by Gasteiger charge is 2.49. The Kier molecular flexibility index (Phi) is 3.23. The first-order chi connectivity index (χ1) is 8.15. The van der Waals surface area contributed by atoms with E-state index in [4.69, 9.17) is 6.42 Å². The Morgan fingerprint density at radius 2 is 2.24 bits per heavy atom. The van der Waals surface area contributed by atoms with Gasteiger partial charge in [0.05, 0.1) is 6.54 Å². The number of aliphatic carboxylic acids is 1. The number of hydrogen-bond donors (Lipinski definition) is 2. The lowest BCUT2D eigenvalue weighted by Crippen LogP contribution is -2.48. The van der Waals surface area contributed by atoms with Crippen molar-refractivity contribution in [2.24, 2.45) is 11.8 Å². The summed E-state index contributed by atoms with van der Waals surface area (Å²) >= 11 is 0. The lowest BCUT2D eigenvalue weighted by molar-refractivity contribution is -0.142. The largest absolute Gasteiger partial charge is 0.480 e. The Balaban J connectivity index is 2.09. The lowest BCUT2D eigenvalue weighted by Gasteiger charge is -2.24. The van der Waals surface area contributed by atoms with Gasteiger partial charge >= 0.3 is 12.0 Å². The van der Waals surface area contributed by atoms with E-state index in [2.05, 4.69) is 11.2 Å². The van der Waals surface area contributed by atoms with Gasteiger partial charge in [0.15, 0.2) is 0 Å². The van der Waals surface area contributed by atoms with Crippen molar-refractivity contribution >= 4 is 12.0 Å². The summed E-state index contributed by atoms with van der Waals surface area (Å²) < 4.78 is 0. The van der Waals surface area contributed by atoms with E-state index >= 15 is 0 Å². The third kappa shape index (κ3) is 2.07. The van der Waals surface area contributed by atoms with Crippen LogP contribution in [0.3, 0.4) is 0 Å². The molecule has 0 bridgehead atoms. The van der Waals surface area contributed by atoms with Crippen molar-refractivity contribution in [1.82, 2.24) is 10.2 Å². The molecule has 3 unspecified atom stereocenters. The van der Waals surface area contributed by atoms with Gasteiger partial charge in [0, 0.05) is 6.54 Å². The van der Waals surface area contributed by atoms with E-state index in [1.165, 1.54) is 4.90 Å². The van der Waals surface area contributed by atoms with Gasteiger partial charge in [-0.3, -0.25) is 0 Å². The standard InChI is InChI=1S/C12H16N2O3/c1-2-6-13-12(17)14-7-8-4-3-5-9(8)10(14)11(15)16/h1,8-10H,3-7H2,(H,13,17)(H,15,16). The molecule has 2 amide bonds. The van der Waals surface area contributed by atoms with Crippen molar-refractivity contribution in [2.75, 3.05) is 13.1 Å². The van der Waals surface area contributed by atoms with Crippen molar-refractivity contribution < 1.29 is 14.7 Å². The molecule has 17 heavy (non-hydrogen) atoms. The molecule has 0 aromatic carbocycles. The van der Waals surface area contributed by atoms with Gasteiger partial charge in [0.1, 0.15) is 6.04 Å². The predicted molar refractivity (Wildman–Crippen MR) is 61.2 cm³/mol. The number of terminal acetylenes is 1. The molecule has 2 aliphatic rings. The van der Waals surface area contributed by atoms with Gasteiger partial charge in [-0.15, -0.1) is 6.42 Å². The molecule has 1 heterocycles. The van der Waals surface area contributed by atoms with Crippen molar-refractivity contribution in [3.8, 4) is 12.3 Å². The molecule has 1 aliphatic heterocycles. The Bertz CT molecular complexity index is 374. The second kappa shape index (κ2) is 4.66. The zero-order valence-electron chi connectivity index (χ0n) is 9.56. The summed E-state index contributed by atoms with van der Waals surface area (Å²) in [6.45, 7) is 0.676. The third-order valence-electron chi connectivity index (χ3n) is 3.75. The summed E-state index contributed by atoms with van der Waals surface area (Å²) in [5.74, 6) is 1.86. The van der Waals surface area contributed by atoms with E-state index in [-0.39, 0.29) is 18.5 Å². The topological polar surface area (TPSA) is 69.6 Å². The molecule has 1 saturated carbocycles. The quantitative estimate of drug-likeness (QED) is 0.686. The molecule has 1 aliphatic carbocycles. The highest BCUT2D eigenvalue weighted by atomic mass is 16.4. The van der Waals surface area contributed by atoms with Crippen LogP contribution in [-0.2, 0) is 4.79 Å². The average Bonchev–Trinajstić information content (AvgIpc) is 2.83. The maximum absolute atomic E-state index is 11.8. The Morgan fingerprint density at radius 3 is 2.88 bits per heavy atom. The number of rotatable bonds is 2. The second-order valence-electron chi connectivity index (χ2n) is 4.65. The first kappa shape index (κ1) is 11.8. The zero-order valence-corrected chi connectivity index (χ0v) is 9.56. The van der Waals surface area contributed by atoms with Crippen LogP contribution < -0.4 is 5.32 Å². The van der Waals surface area contributed by atoms with Crippen LogP contribution in [0.5, 0.6) is 0 Å². The maximum atomic E-state index is 11.8. The monoisotopic (exact) mass is 236 g/mol. The molecule has 2 rings (SSSR count). The van der Waals surface area contributed by atoms with Crippen LogP contribution in [0.15, 0.2) is 0 Å². The van der Waals surface area contributed by atoms with Gasteiger partial charge in [0.25, 0.3) is 0 Å². The number of carbonyl (C=O) groups excluding carboxylic acids is 1. The molecule has 92 valence electrons. The average molecular weight is 236 g/mol. The molecule has 3 atom stereocenters. The van der Waals surface area contributed by atoms with Crippen LogP contribution in [0, 0.1) is 24.2 Å². The molecule has 0 radical (unpaired) electrons. The summed E-state index contributed by atoms with van der Waals surface area (Å²) in [6, 6.07) is -1.04. The van der Waals surface area contributed by atoms with Gasteiger partial charge in [-0.2, -0.15) is 0 Å². The Hall–Kier alpha value is -1.70. The summed E-state index contributed by atoms with van der Waals surface area (Å²) in [5.41, 5.74) is 0. The summed E-state index contributed by atoms with van der Waals surface area (Å²) in [7, 11) is 0. The number of nitrogens with zero attached hydrogens (tertiary/aromatic N) is 1. The molecular formula is C12H16N2O3. The number of nitrogens with one attached hydrogen (secondary N) is 1. The number of carboxylic acid groups (broad SMARTS) is 1. The smallest absolute Gasteiger partial charge is 0.326 e. The second-order valence-corrected chi connectivity index (χ2v) is 4.65. The van der Waals surface area contributed by atoms with Crippen molar-refractivity contribution in [1.29, 1.82) is 0 Å². The summed E-state index contributed by atoms with van der Waals surface area (Å²) in [6.07, 6.45) is 8.06. The number of likely N-dealkylation sites (tertiary alicyclic amines) is 1. The fourth-order valence-corrected chi connectivity index (χ4v) is 3.06. The molecular weight excluding hydrogens is 220 g/mol. The van der Waals surface area contributed by atoms with Gasteiger partial charge in [-0.25, -0.2) is 9.59 Å². The number of carbonyl (C=O) groups is 2. The molecule has 5 heteroatoms. The van der Waals surface area contributed by atoms with Crippen LogP contribution in [0.25, 0.3) is 0 Å². The van der Waals surface area contributed by atoms with E-state index in [9.17, 15) is 14.7 Å². The zero-order chi connectivity index (χ0) is 12.4. The molecule has 0 aromatic heterocycles. The number of amides is 2. The van der Waals surface area contributed by atoms with E-state index in [0.717, 1.165) is 19.3 Å². The van der Waals surface area contributed by atoms with Crippen LogP contribution in [0.2, 0.25) is 0 Å². The highest BCUT2D eigenvalue weighted by Crippen LogP contribution is 2.42. The van der Waals surface area contributed by atoms with Gasteiger partial charge < -0.3 is 15.3 Å². The summed E-state index contributed by atoms with van der Waals surface area (Å²) in [4.78, 5) is 24.5. The highest BCUT2D eigenvalue weighted by molar-refractivity contribution is 5.84. The molecule has 5 nitrogen and oxygen atoms in total. The first-order valence-corrected chi connectivity index (χ1v) is 5.86. The van der Waals surface area contributed by atoms with Crippen molar-refractivity contribution in [3.63, 3.8) is 0 Å².